The molecule has 0 atom stereocenters. The van der Waals surface area contributed by atoms with Crippen LogP contribution in [0.4, 0.5) is 5.69 Å². The molecule has 3 rings (SSSR count). The average molecular weight is 225 g/mol. The Hall–Kier alpha value is -2.43. The number of hydrogen-bond acceptors (Lipinski definition) is 4. The van der Waals surface area contributed by atoms with Gasteiger partial charge in [0, 0.05) is 23.7 Å². The Kier molecular flexibility index (Phi) is 2.22. The number of nitrogens with two attached hydrogens (primary N) is 1. The van der Waals surface area contributed by atoms with E-state index in [1.165, 1.54) is 0 Å². The normalized spacial score (nSPS) is 10.8. The molecular weight excluding hydrogens is 214 g/mol. The lowest BCUT2D eigenvalue weighted by Crippen LogP contribution is -1.92. The molecular formula is C12H11N5. The van der Waals surface area contributed by atoms with Crippen molar-refractivity contribution < 1.29 is 0 Å². The first-order chi connectivity index (χ1) is 8.33. The number of nitrogens with one attached hydrogen (secondary N) is 1. The second kappa shape index (κ2) is 3.86. The van der Waals surface area contributed by atoms with Crippen LogP contribution in [0.2, 0.25) is 0 Å². The Balaban J connectivity index is 2.03. The Morgan fingerprint density at radius 2 is 2.18 bits per heavy atom. The summed E-state index contributed by atoms with van der Waals surface area (Å²) < 4.78 is 0. The second-order valence-corrected chi connectivity index (χ2v) is 3.84. The van der Waals surface area contributed by atoms with Gasteiger partial charge in [-0.3, -0.25) is 10.1 Å². The number of rotatable bonds is 2. The van der Waals surface area contributed by atoms with Gasteiger partial charge in [-0.15, -0.1) is 0 Å². The second-order valence-electron chi connectivity index (χ2n) is 3.84. The Labute approximate surface area is 97.7 Å². The molecule has 84 valence electrons. The van der Waals surface area contributed by atoms with Crippen LogP contribution < -0.4 is 5.73 Å². The minimum atomic E-state index is 0.640. The third-order valence-corrected chi connectivity index (χ3v) is 2.59. The fourth-order valence-corrected chi connectivity index (χ4v) is 1.78. The van der Waals surface area contributed by atoms with Crippen LogP contribution in [0, 0.1) is 0 Å². The number of hydrogen-bond donors (Lipinski definition) is 2. The van der Waals surface area contributed by atoms with Gasteiger partial charge in [-0.05, 0) is 18.2 Å². The van der Waals surface area contributed by atoms with Crippen LogP contribution in [0.15, 0.2) is 36.7 Å². The third-order valence-electron chi connectivity index (χ3n) is 2.59. The smallest absolute Gasteiger partial charge is 0.181 e. The molecule has 0 bridgehead atoms. The van der Waals surface area contributed by atoms with Crippen molar-refractivity contribution >= 4 is 16.7 Å². The lowest BCUT2D eigenvalue weighted by atomic mass is 10.1. The van der Waals surface area contributed by atoms with Crippen molar-refractivity contribution in [2.24, 2.45) is 0 Å². The van der Waals surface area contributed by atoms with Gasteiger partial charge < -0.3 is 5.73 Å². The van der Waals surface area contributed by atoms with E-state index >= 15 is 0 Å². The number of anilines is 1. The summed E-state index contributed by atoms with van der Waals surface area (Å²) in [6, 6.07) is 7.72. The molecule has 0 unspecified atom stereocenters. The van der Waals surface area contributed by atoms with E-state index in [0.29, 0.717) is 17.8 Å². The zero-order valence-corrected chi connectivity index (χ0v) is 9.09. The molecule has 0 aliphatic rings. The van der Waals surface area contributed by atoms with Crippen molar-refractivity contribution in [3.63, 3.8) is 0 Å². The molecule has 0 fully saturated rings. The Morgan fingerprint density at radius 3 is 3.00 bits per heavy atom. The molecule has 0 saturated carbocycles. The predicted molar refractivity (Wildman–Crippen MR) is 65.3 cm³/mol. The van der Waals surface area contributed by atoms with Gasteiger partial charge in [0.25, 0.3) is 0 Å². The minimum Gasteiger partial charge on any atom is -0.397 e. The zero-order chi connectivity index (χ0) is 11.7. The molecule has 17 heavy (non-hydrogen) atoms. The predicted octanol–water partition coefficient (Wildman–Crippen LogP) is 1.53. The average Bonchev–Trinajstić information content (AvgIpc) is 2.73. The maximum atomic E-state index is 5.73. The van der Waals surface area contributed by atoms with Crippen molar-refractivity contribution in [1.29, 1.82) is 0 Å². The van der Waals surface area contributed by atoms with Crippen molar-refractivity contribution in [3.05, 3.63) is 48.0 Å². The first-order valence-electron chi connectivity index (χ1n) is 5.31. The molecule has 0 radical (unpaired) electrons. The molecule has 0 aliphatic heterocycles. The molecule has 5 nitrogen and oxygen atoms in total. The lowest BCUT2D eigenvalue weighted by molar-refractivity contribution is 0.975. The molecule has 0 aliphatic carbocycles. The van der Waals surface area contributed by atoms with Gasteiger partial charge >= 0.3 is 0 Å². The van der Waals surface area contributed by atoms with Crippen molar-refractivity contribution in [2.45, 2.75) is 6.42 Å². The topological polar surface area (TPSA) is 80.5 Å². The molecule has 3 aromatic heterocycles. The van der Waals surface area contributed by atoms with E-state index in [9.17, 15) is 0 Å². The van der Waals surface area contributed by atoms with Gasteiger partial charge in [0.1, 0.15) is 0 Å². The molecule has 5 heteroatoms. The molecule has 0 spiro atoms. The lowest BCUT2D eigenvalue weighted by Gasteiger charge is -1.98. The Bertz CT molecular complexity index is 644. The van der Waals surface area contributed by atoms with Gasteiger partial charge in [-0.1, -0.05) is 6.07 Å². The SMILES string of the molecule is Nc1cnc2n[nH]c(Cc3ccccn3)c2c1. The first kappa shape index (κ1) is 9.77. The van der Waals surface area contributed by atoms with Gasteiger partial charge in [0.05, 0.1) is 17.6 Å². The van der Waals surface area contributed by atoms with E-state index in [-0.39, 0.29) is 0 Å². The minimum absolute atomic E-state index is 0.640. The van der Waals surface area contributed by atoms with E-state index in [4.69, 9.17) is 5.73 Å². The van der Waals surface area contributed by atoms with Crippen LogP contribution in [0.3, 0.4) is 0 Å². The van der Waals surface area contributed by atoms with Gasteiger partial charge in [0.2, 0.25) is 0 Å². The largest absolute Gasteiger partial charge is 0.397 e. The maximum absolute atomic E-state index is 5.73. The maximum Gasteiger partial charge on any atom is 0.181 e. The summed E-state index contributed by atoms with van der Waals surface area (Å²) in [6.45, 7) is 0. The summed E-state index contributed by atoms with van der Waals surface area (Å²) in [4.78, 5) is 8.44. The fraction of sp³-hybridized carbons (Fsp3) is 0.0833. The molecule has 3 N–H and O–H groups in total. The molecule has 0 aromatic carbocycles. The third kappa shape index (κ3) is 1.82. The highest BCUT2D eigenvalue weighted by Gasteiger charge is 2.07. The van der Waals surface area contributed by atoms with Crippen LogP contribution in [0.1, 0.15) is 11.4 Å². The summed E-state index contributed by atoms with van der Waals surface area (Å²) >= 11 is 0. The van der Waals surface area contributed by atoms with E-state index in [0.717, 1.165) is 16.8 Å². The molecule has 3 aromatic rings. The summed E-state index contributed by atoms with van der Waals surface area (Å²) in [5.41, 5.74) is 9.02. The van der Waals surface area contributed by atoms with E-state index < -0.39 is 0 Å². The number of aromatic nitrogens is 4. The quantitative estimate of drug-likeness (QED) is 0.693. The summed E-state index contributed by atoms with van der Waals surface area (Å²) in [6.07, 6.45) is 4.08. The van der Waals surface area contributed by atoms with E-state index in [1.54, 1.807) is 12.4 Å². The summed E-state index contributed by atoms with van der Waals surface area (Å²) in [7, 11) is 0. The zero-order valence-electron chi connectivity index (χ0n) is 9.09. The van der Waals surface area contributed by atoms with Gasteiger partial charge in [0.15, 0.2) is 5.65 Å². The Morgan fingerprint density at radius 1 is 1.24 bits per heavy atom. The van der Waals surface area contributed by atoms with Crippen LogP contribution in [-0.2, 0) is 6.42 Å². The van der Waals surface area contributed by atoms with Crippen LogP contribution in [-0.4, -0.2) is 20.2 Å². The highest BCUT2D eigenvalue weighted by Crippen LogP contribution is 2.18. The van der Waals surface area contributed by atoms with Crippen molar-refractivity contribution in [3.8, 4) is 0 Å². The summed E-state index contributed by atoms with van der Waals surface area (Å²) in [5.74, 6) is 0. The van der Waals surface area contributed by atoms with Gasteiger partial charge in [-0.25, -0.2) is 4.98 Å². The van der Waals surface area contributed by atoms with E-state index in [2.05, 4.69) is 20.2 Å². The highest BCUT2D eigenvalue weighted by molar-refractivity contribution is 5.80. The van der Waals surface area contributed by atoms with Crippen LogP contribution >= 0.6 is 0 Å². The summed E-state index contributed by atoms with van der Waals surface area (Å²) in [5, 5.41) is 8.07. The number of nitrogens with zero attached hydrogens (tertiary/aromatic N) is 3. The monoisotopic (exact) mass is 225 g/mol. The standard InChI is InChI=1S/C12H11N5/c13-8-5-10-11(16-17-12(10)15-7-8)6-9-3-1-2-4-14-9/h1-5,7H,6,13H2,(H,15,16,17). The van der Waals surface area contributed by atoms with Gasteiger partial charge in [-0.2, -0.15) is 5.10 Å². The number of aromatic amines is 1. The number of fused-ring (bicyclic) bond motifs is 1. The van der Waals surface area contributed by atoms with Crippen LogP contribution in [0.25, 0.3) is 11.0 Å². The molecule has 3 heterocycles. The fourth-order valence-electron chi connectivity index (χ4n) is 1.78. The number of H-pyrrole nitrogens is 1. The van der Waals surface area contributed by atoms with Crippen LogP contribution in [0.5, 0.6) is 0 Å². The molecule has 0 amide bonds. The number of nitrogen functional groups attached to an aromatic ring is 1. The highest BCUT2D eigenvalue weighted by atomic mass is 15.1. The van der Waals surface area contributed by atoms with Crippen molar-refractivity contribution in [1.82, 2.24) is 20.2 Å². The van der Waals surface area contributed by atoms with E-state index in [1.807, 2.05) is 24.3 Å². The molecule has 0 saturated heterocycles. The first-order valence-corrected chi connectivity index (χ1v) is 5.31. The van der Waals surface area contributed by atoms with Crippen molar-refractivity contribution in [2.75, 3.05) is 5.73 Å². The number of pyridine rings is 2.